The maximum atomic E-state index is 6.35. The van der Waals surface area contributed by atoms with E-state index >= 15 is 0 Å². The summed E-state index contributed by atoms with van der Waals surface area (Å²) in [5.41, 5.74) is 13.9. The van der Waals surface area contributed by atoms with E-state index in [0.717, 1.165) is 57.4 Å². The fourth-order valence-corrected chi connectivity index (χ4v) is 8.60. The molecule has 0 N–H and O–H groups in total. The first-order valence-electron chi connectivity index (χ1n) is 18.5. The normalized spacial score (nSPS) is 11.5. The molecule has 0 saturated heterocycles. The minimum absolute atomic E-state index is 0. The van der Waals surface area contributed by atoms with E-state index in [1.807, 2.05) is 36.5 Å². The number of fused-ring (bicyclic) bond motifs is 3. The van der Waals surface area contributed by atoms with Crippen molar-refractivity contribution < 1.29 is 24.5 Å². The molecule has 0 amide bonds. The number of aryl methyl sites for hydroxylation is 3. The number of nitrogens with zero attached hydrogens (tertiary/aromatic N) is 3. The Balaban J connectivity index is 0.000000223. The van der Waals surface area contributed by atoms with Crippen LogP contribution in [-0.4, -0.2) is 23.0 Å². The Morgan fingerprint density at radius 1 is 0.660 bits per heavy atom. The summed E-state index contributed by atoms with van der Waals surface area (Å²) in [4.78, 5) is 14.3. The second kappa shape index (κ2) is 16.8. The third-order valence-corrected chi connectivity index (χ3v) is 11.6. The van der Waals surface area contributed by atoms with Gasteiger partial charge in [0.1, 0.15) is 0 Å². The molecule has 0 aliphatic rings. The molecule has 3 aromatic carbocycles. The Bertz CT molecular complexity index is 2320. The second-order valence-corrected chi connectivity index (χ2v) is 21.0. The summed E-state index contributed by atoms with van der Waals surface area (Å²) >= 11 is 0. The van der Waals surface area contributed by atoms with Crippen LogP contribution in [0.15, 0.2) is 95.7 Å². The van der Waals surface area contributed by atoms with Crippen molar-refractivity contribution in [1.82, 2.24) is 15.0 Å². The van der Waals surface area contributed by atoms with E-state index in [2.05, 4.69) is 140 Å². The van der Waals surface area contributed by atoms with Gasteiger partial charge in [0.05, 0.1) is 19.4 Å². The molecule has 4 aromatic heterocycles. The van der Waals surface area contributed by atoms with Crippen molar-refractivity contribution in [2.75, 3.05) is 0 Å². The van der Waals surface area contributed by atoms with Gasteiger partial charge in [-0.05, 0) is 90.8 Å². The zero-order valence-corrected chi connectivity index (χ0v) is 36.2. The zero-order chi connectivity index (χ0) is 37.2. The van der Waals surface area contributed by atoms with E-state index in [4.69, 9.17) is 14.4 Å². The number of hydrogen-bond donors (Lipinski definition) is 0. The zero-order valence-electron chi connectivity index (χ0n) is 32.8. The Labute approximate surface area is 330 Å². The average Bonchev–Trinajstić information content (AvgIpc) is 3.47. The molecule has 0 bridgehead atoms. The van der Waals surface area contributed by atoms with E-state index < -0.39 is 8.07 Å². The third kappa shape index (κ3) is 9.12. The molecule has 1 radical (unpaired) electrons. The van der Waals surface area contributed by atoms with Crippen LogP contribution in [-0.2, 0) is 32.9 Å². The molecule has 0 aliphatic carbocycles. The van der Waals surface area contributed by atoms with Gasteiger partial charge in [-0.15, -0.1) is 54.1 Å². The molecule has 7 aromatic rings. The molecule has 0 spiro atoms. The third-order valence-electron chi connectivity index (χ3n) is 9.55. The van der Waals surface area contributed by atoms with Gasteiger partial charge in [-0.2, -0.15) is 0 Å². The molecule has 6 heteroatoms. The van der Waals surface area contributed by atoms with Crippen molar-refractivity contribution in [3.8, 4) is 33.8 Å². The summed E-state index contributed by atoms with van der Waals surface area (Å²) in [6, 6.07) is 33.7. The molecule has 275 valence electrons. The van der Waals surface area contributed by atoms with Crippen LogP contribution in [0.25, 0.3) is 55.8 Å². The Morgan fingerprint density at radius 3 is 2.00 bits per heavy atom. The van der Waals surface area contributed by atoms with Gasteiger partial charge in [0.15, 0.2) is 0 Å². The average molecular weight is 894 g/mol. The van der Waals surface area contributed by atoms with Gasteiger partial charge < -0.3 is 14.4 Å². The van der Waals surface area contributed by atoms with Crippen LogP contribution in [0, 0.1) is 44.7 Å². The molecule has 0 aliphatic heterocycles. The van der Waals surface area contributed by atoms with E-state index in [1.54, 1.807) is 0 Å². The van der Waals surface area contributed by atoms with Crippen molar-refractivity contribution in [2.24, 2.45) is 11.8 Å². The Kier molecular flexibility index (Phi) is 12.7. The van der Waals surface area contributed by atoms with Gasteiger partial charge in [-0.1, -0.05) is 99.7 Å². The van der Waals surface area contributed by atoms with Crippen molar-refractivity contribution in [3.05, 3.63) is 131 Å². The molecule has 0 atom stereocenters. The van der Waals surface area contributed by atoms with Gasteiger partial charge in [0, 0.05) is 43.4 Å². The van der Waals surface area contributed by atoms with E-state index in [0.29, 0.717) is 17.5 Å². The molecular weight excluding hydrogens is 843 g/mol. The quantitative estimate of drug-likeness (QED) is 0.113. The van der Waals surface area contributed by atoms with Crippen molar-refractivity contribution in [1.29, 1.82) is 0 Å². The van der Waals surface area contributed by atoms with Crippen LogP contribution in [0.5, 0.6) is 0 Å². The van der Waals surface area contributed by atoms with E-state index in [9.17, 15) is 0 Å². The van der Waals surface area contributed by atoms with Gasteiger partial charge in [-0.3, -0.25) is 0 Å². The molecule has 0 saturated carbocycles. The molecule has 7 rings (SSSR count). The van der Waals surface area contributed by atoms with Gasteiger partial charge in [-0.25, -0.2) is 4.98 Å². The summed E-state index contributed by atoms with van der Waals surface area (Å²) in [5.74, 6) is 1.25. The van der Waals surface area contributed by atoms with Crippen LogP contribution >= 0.6 is 0 Å². The number of aromatic nitrogens is 3. The van der Waals surface area contributed by atoms with Crippen LogP contribution < -0.4 is 5.19 Å². The van der Waals surface area contributed by atoms with E-state index in [-0.39, 0.29) is 20.1 Å². The van der Waals surface area contributed by atoms with Gasteiger partial charge >= 0.3 is 0 Å². The monoisotopic (exact) mass is 894 g/mol. The molecule has 4 nitrogen and oxygen atoms in total. The standard InChI is InChI=1S/C29H27N2O.C18H24NSi.Ir/c1-17(2)14-21-15-26(30-16-20(21)5)24-11-7-10-22-23-12-13-25(31-29(23)32-28(22)24)27-18(3)8-6-9-19(27)4;1-14(2)11-16-12-17(15-9-7-6-8-10-15)19-13-18(16)20(3,4)5;/h6-10,12-13,15-17H,14H2,1-5H3;6-9,12-14H,11H2,1-5H3;/q2*-1;. The summed E-state index contributed by atoms with van der Waals surface area (Å²) < 4.78 is 6.35. The summed E-state index contributed by atoms with van der Waals surface area (Å²) in [5, 5.41) is 3.55. The molecule has 0 unspecified atom stereocenters. The SMILES string of the molecule is CC(C)Cc1cc(-c2[c-]cccc2)ncc1[Si](C)(C)C.Cc1cnc(-c2[c-]ccc3c2oc2nc(-c4c(C)cccc4C)ccc23)cc1CC(C)C.[Ir]. The summed E-state index contributed by atoms with van der Waals surface area (Å²) in [6.45, 7) is 22.6. The number of furan rings is 1. The predicted octanol–water partition coefficient (Wildman–Crippen LogP) is 11.9. The Morgan fingerprint density at radius 2 is 1.34 bits per heavy atom. The fraction of sp³-hybridized carbons (Fsp3) is 0.298. The maximum Gasteiger partial charge on any atom is 0.216 e. The van der Waals surface area contributed by atoms with Crippen molar-refractivity contribution >= 4 is 35.3 Å². The first kappa shape index (κ1) is 40.0. The molecule has 53 heavy (non-hydrogen) atoms. The minimum atomic E-state index is -1.34. The predicted molar refractivity (Wildman–Crippen MR) is 222 cm³/mol. The van der Waals surface area contributed by atoms with Crippen LogP contribution in [0.3, 0.4) is 0 Å². The summed E-state index contributed by atoms with van der Waals surface area (Å²) in [7, 11) is -1.34. The van der Waals surface area contributed by atoms with Crippen molar-refractivity contribution in [3.63, 3.8) is 0 Å². The van der Waals surface area contributed by atoms with Gasteiger partial charge in [0.2, 0.25) is 5.71 Å². The Hall–Kier alpha value is -4.22. The van der Waals surface area contributed by atoms with E-state index in [1.165, 1.54) is 38.6 Å². The van der Waals surface area contributed by atoms with Gasteiger partial charge in [0.25, 0.3) is 0 Å². The number of rotatable bonds is 8. The van der Waals surface area contributed by atoms with Crippen LogP contribution in [0.4, 0.5) is 0 Å². The molecule has 0 fully saturated rings. The maximum absolute atomic E-state index is 6.35. The second-order valence-electron chi connectivity index (χ2n) is 16.0. The first-order chi connectivity index (χ1) is 24.8. The van der Waals surface area contributed by atoms with Crippen LogP contribution in [0.2, 0.25) is 19.6 Å². The fourth-order valence-electron chi connectivity index (χ4n) is 7.01. The molecular formula is C47H51IrN3OSi-2. The number of benzene rings is 3. The first-order valence-corrected chi connectivity index (χ1v) is 22.0. The largest absolute Gasteiger partial charge is 0.486 e. The van der Waals surface area contributed by atoms with Crippen molar-refractivity contribution in [2.45, 2.75) is 80.9 Å². The number of hydrogen-bond acceptors (Lipinski definition) is 4. The topological polar surface area (TPSA) is 51.8 Å². The minimum Gasteiger partial charge on any atom is -0.486 e. The number of pyridine rings is 3. The molecule has 4 heterocycles. The smallest absolute Gasteiger partial charge is 0.216 e. The summed E-state index contributed by atoms with van der Waals surface area (Å²) in [6.07, 6.45) is 6.22. The van der Waals surface area contributed by atoms with Crippen LogP contribution in [0.1, 0.15) is 55.5 Å².